The van der Waals surface area contributed by atoms with Gasteiger partial charge in [-0.15, -0.1) is 0 Å². The number of fused-ring (bicyclic) bond motifs is 1. The Morgan fingerprint density at radius 3 is 2.36 bits per heavy atom. The van der Waals surface area contributed by atoms with Crippen molar-refractivity contribution in [2.24, 2.45) is 17.8 Å². The van der Waals surface area contributed by atoms with E-state index in [9.17, 15) is 39.9 Å². The lowest BCUT2D eigenvalue weighted by Crippen LogP contribution is -2.60. The van der Waals surface area contributed by atoms with Crippen LogP contribution in [0.15, 0.2) is 11.8 Å². The molecule has 0 aromatic carbocycles. The lowest BCUT2D eigenvalue weighted by atomic mass is 9.80. The van der Waals surface area contributed by atoms with Gasteiger partial charge in [0.25, 0.3) is 0 Å². The van der Waals surface area contributed by atoms with Gasteiger partial charge >= 0.3 is 17.9 Å². The molecule has 1 saturated heterocycles. The summed E-state index contributed by atoms with van der Waals surface area (Å²) in [6.45, 7) is 4.38. The van der Waals surface area contributed by atoms with Crippen molar-refractivity contribution in [3.8, 4) is 0 Å². The molecule has 39 heavy (non-hydrogen) atoms. The lowest BCUT2D eigenvalue weighted by molar-refractivity contribution is -0.302. The average molecular weight is 563 g/mol. The zero-order chi connectivity index (χ0) is 29.1. The van der Waals surface area contributed by atoms with Gasteiger partial charge in [-0.2, -0.15) is 0 Å². The maximum absolute atomic E-state index is 12.4. The summed E-state index contributed by atoms with van der Waals surface area (Å²) >= 11 is 0. The molecule has 0 unspecified atom stereocenters. The molecule has 2 heterocycles. The van der Waals surface area contributed by atoms with Crippen molar-refractivity contribution < 1.29 is 68.3 Å². The average Bonchev–Trinajstić information content (AvgIpc) is 3.11. The number of aliphatic hydroxyl groups is 5. The number of hydrogen-bond acceptors (Lipinski definition) is 14. The number of esters is 3. The zero-order valence-electron chi connectivity index (χ0n) is 22.3. The molecule has 222 valence electrons. The molecular weight excluding hydrogens is 524 g/mol. The van der Waals surface area contributed by atoms with E-state index in [1.165, 1.54) is 6.26 Å². The van der Waals surface area contributed by atoms with Crippen molar-refractivity contribution in [1.29, 1.82) is 0 Å². The van der Waals surface area contributed by atoms with Crippen molar-refractivity contribution in [2.75, 3.05) is 19.8 Å². The first-order chi connectivity index (χ1) is 18.3. The number of carbonyl (C=O) groups is 3. The Balaban J connectivity index is 1.84. The molecule has 1 aliphatic carbocycles. The summed E-state index contributed by atoms with van der Waals surface area (Å²) in [5.41, 5.74) is -1.64. The summed E-state index contributed by atoms with van der Waals surface area (Å²) < 4.78 is 32.6. The topological polar surface area (TPSA) is 208 Å². The molecule has 0 aromatic rings. The van der Waals surface area contributed by atoms with E-state index in [-0.39, 0.29) is 25.4 Å². The third kappa shape index (κ3) is 7.06. The molecule has 3 rings (SSSR count). The molecule has 5 N–H and O–H groups in total. The van der Waals surface area contributed by atoms with Crippen LogP contribution in [0, 0.1) is 17.8 Å². The van der Waals surface area contributed by atoms with Crippen molar-refractivity contribution in [3.05, 3.63) is 11.8 Å². The fourth-order valence-electron chi connectivity index (χ4n) is 5.14. The number of rotatable bonds is 10. The lowest BCUT2D eigenvalue weighted by Gasteiger charge is -2.42. The first-order valence-electron chi connectivity index (χ1n) is 12.8. The standard InChI is InChI=1S/C25H38O14/c1-11(2)5-18(30)39-23-19-15(6-17(29)25(19,33)10-36-12(3)27)14(8-34-23)9-35-24-22(37-13(4)28)21(32)20(31)16(7-26)38-24/h8,11,15-17,19-24,26,29,31-33H,5-7,9-10H2,1-4H3/t15-,16-,17+,19-,20-,21+,22-,23+,24-,25-/m1/s1. The quantitative estimate of drug-likeness (QED) is 0.152. The van der Waals surface area contributed by atoms with Gasteiger partial charge < -0.3 is 54.0 Å². The second-order valence-electron chi connectivity index (χ2n) is 10.5. The van der Waals surface area contributed by atoms with Crippen LogP contribution in [-0.4, -0.2) is 112 Å². The maximum atomic E-state index is 12.4. The van der Waals surface area contributed by atoms with E-state index in [1.807, 2.05) is 13.8 Å². The van der Waals surface area contributed by atoms with Gasteiger partial charge in [0.15, 0.2) is 12.4 Å². The molecule has 14 heteroatoms. The summed E-state index contributed by atoms with van der Waals surface area (Å²) in [6, 6.07) is 0. The Bertz CT molecular complexity index is 920. The summed E-state index contributed by atoms with van der Waals surface area (Å²) in [5.74, 6) is -3.78. The summed E-state index contributed by atoms with van der Waals surface area (Å²) in [7, 11) is 0. The molecule has 14 nitrogen and oxygen atoms in total. The molecule has 10 atom stereocenters. The second-order valence-corrected chi connectivity index (χ2v) is 10.5. The minimum absolute atomic E-state index is 0.0113. The van der Waals surface area contributed by atoms with E-state index in [1.54, 1.807) is 0 Å². The highest BCUT2D eigenvalue weighted by Crippen LogP contribution is 2.49. The van der Waals surface area contributed by atoms with E-state index < -0.39 is 91.7 Å². The van der Waals surface area contributed by atoms with E-state index in [0.717, 1.165) is 13.8 Å². The normalized spacial score (nSPS) is 37.9. The number of aliphatic hydroxyl groups excluding tert-OH is 4. The van der Waals surface area contributed by atoms with Crippen molar-refractivity contribution >= 4 is 17.9 Å². The minimum atomic E-state index is -2.03. The van der Waals surface area contributed by atoms with Gasteiger partial charge in [0, 0.05) is 26.2 Å². The molecule has 1 saturated carbocycles. The fraction of sp³-hybridized carbons (Fsp3) is 0.800. The summed E-state index contributed by atoms with van der Waals surface area (Å²) in [6.07, 6.45) is -8.62. The SMILES string of the molecule is CC(=O)OC[C@]1(O)[C@H]2[C@H](OC(=O)CC(C)C)OC=C(CO[C@@H]3O[C@H](CO)[C@@H](O)[C@H](O)[C@H]3OC(C)=O)[C@H]2C[C@@H]1O. The van der Waals surface area contributed by atoms with Crippen molar-refractivity contribution in [1.82, 2.24) is 0 Å². The third-order valence-electron chi connectivity index (χ3n) is 7.06. The van der Waals surface area contributed by atoms with Crippen LogP contribution >= 0.6 is 0 Å². The van der Waals surface area contributed by atoms with Gasteiger partial charge in [-0.1, -0.05) is 13.8 Å². The predicted octanol–water partition coefficient (Wildman–Crippen LogP) is -1.51. The molecule has 0 spiro atoms. The minimum Gasteiger partial charge on any atom is -0.463 e. The van der Waals surface area contributed by atoms with Crippen LogP contribution in [0.2, 0.25) is 0 Å². The molecule has 0 amide bonds. The van der Waals surface area contributed by atoms with Crippen LogP contribution in [0.5, 0.6) is 0 Å². The largest absolute Gasteiger partial charge is 0.463 e. The van der Waals surface area contributed by atoms with E-state index in [4.69, 9.17) is 28.4 Å². The molecule has 0 aromatic heterocycles. The molecule has 0 bridgehead atoms. The van der Waals surface area contributed by atoms with Crippen LogP contribution in [0.3, 0.4) is 0 Å². The highest BCUT2D eigenvalue weighted by atomic mass is 16.7. The van der Waals surface area contributed by atoms with Crippen LogP contribution in [0.1, 0.15) is 40.5 Å². The Hall–Kier alpha value is -2.33. The highest BCUT2D eigenvalue weighted by molar-refractivity contribution is 5.69. The van der Waals surface area contributed by atoms with Gasteiger partial charge in [-0.3, -0.25) is 14.4 Å². The number of carbonyl (C=O) groups excluding carboxylic acids is 3. The number of ether oxygens (including phenoxy) is 6. The van der Waals surface area contributed by atoms with E-state index >= 15 is 0 Å². The van der Waals surface area contributed by atoms with Crippen LogP contribution in [-0.2, 0) is 42.8 Å². The van der Waals surface area contributed by atoms with Crippen molar-refractivity contribution in [3.63, 3.8) is 0 Å². The third-order valence-corrected chi connectivity index (χ3v) is 7.06. The smallest absolute Gasteiger partial charge is 0.309 e. The van der Waals surface area contributed by atoms with Gasteiger partial charge in [-0.25, -0.2) is 0 Å². The molecule has 0 radical (unpaired) electrons. The van der Waals surface area contributed by atoms with Gasteiger partial charge in [0.05, 0.1) is 31.5 Å². The van der Waals surface area contributed by atoms with Crippen LogP contribution in [0.25, 0.3) is 0 Å². The molecule has 3 aliphatic rings. The highest BCUT2D eigenvalue weighted by Gasteiger charge is 2.61. The first kappa shape index (κ1) is 31.2. The molecule has 2 fully saturated rings. The van der Waals surface area contributed by atoms with Crippen LogP contribution < -0.4 is 0 Å². The fourth-order valence-corrected chi connectivity index (χ4v) is 5.14. The summed E-state index contributed by atoms with van der Waals surface area (Å²) in [4.78, 5) is 35.5. The van der Waals surface area contributed by atoms with Gasteiger partial charge in [0.2, 0.25) is 6.29 Å². The zero-order valence-corrected chi connectivity index (χ0v) is 22.3. The Kier molecular flexibility index (Phi) is 10.3. The monoisotopic (exact) mass is 562 g/mol. The summed E-state index contributed by atoms with van der Waals surface area (Å²) in [5, 5.41) is 52.4. The molecule has 2 aliphatic heterocycles. The predicted molar refractivity (Wildman–Crippen MR) is 127 cm³/mol. The van der Waals surface area contributed by atoms with Crippen LogP contribution in [0.4, 0.5) is 0 Å². The second kappa shape index (κ2) is 12.9. The molecular formula is C25H38O14. The Morgan fingerprint density at radius 2 is 1.77 bits per heavy atom. The van der Waals surface area contributed by atoms with Gasteiger partial charge in [0.1, 0.15) is 30.5 Å². The first-order valence-corrected chi connectivity index (χ1v) is 12.8. The Labute approximate surface area is 225 Å². The van der Waals surface area contributed by atoms with Gasteiger partial charge in [-0.05, 0) is 17.9 Å². The van der Waals surface area contributed by atoms with E-state index in [0.29, 0.717) is 5.57 Å². The Morgan fingerprint density at radius 1 is 1.08 bits per heavy atom. The van der Waals surface area contributed by atoms with Crippen molar-refractivity contribution in [2.45, 2.75) is 89.2 Å². The maximum Gasteiger partial charge on any atom is 0.309 e. The van der Waals surface area contributed by atoms with E-state index in [2.05, 4.69) is 0 Å². The number of hydrogen-bond donors (Lipinski definition) is 5.